The lowest BCUT2D eigenvalue weighted by Crippen LogP contribution is -2.20. The molecule has 0 spiro atoms. The van der Waals surface area contributed by atoms with E-state index < -0.39 is 4.92 Å². The highest BCUT2D eigenvalue weighted by Gasteiger charge is 2.18. The van der Waals surface area contributed by atoms with Gasteiger partial charge in [0.2, 0.25) is 0 Å². The van der Waals surface area contributed by atoms with Crippen molar-refractivity contribution in [3.05, 3.63) is 27.3 Å². The predicted molar refractivity (Wildman–Crippen MR) is 75.1 cm³/mol. The van der Waals surface area contributed by atoms with Crippen LogP contribution in [0.3, 0.4) is 0 Å². The fourth-order valence-electron chi connectivity index (χ4n) is 1.73. The van der Waals surface area contributed by atoms with Gasteiger partial charge in [-0.3, -0.25) is 10.1 Å². The summed E-state index contributed by atoms with van der Waals surface area (Å²) in [7, 11) is 0. The highest BCUT2D eigenvalue weighted by molar-refractivity contribution is 7.18. The van der Waals surface area contributed by atoms with Gasteiger partial charge in [0, 0.05) is 18.7 Å². The summed E-state index contributed by atoms with van der Waals surface area (Å²) in [6.45, 7) is 5.76. The lowest BCUT2D eigenvalue weighted by molar-refractivity contribution is -0.385. The first-order valence-electron chi connectivity index (χ1n) is 6.01. The molecule has 0 aliphatic rings. The molecule has 7 heteroatoms. The van der Waals surface area contributed by atoms with Crippen LogP contribution in [0, 0.1) is 17.0 Å². The molecule has 1 N–H and O–H groups in total. The molecule has 0 unspecified atom stereocenters. The molecule has 2 rings (SSSR count). The first kappa shape index (κ1) is 13.7. The van der Waals surface area contributed by atoms with E-state index in [0.717, 1.165) is 21.8 Å². The van der Waals surface area contributed by atoms with Crippen molar-refractivity contribution in [2.45, 2.75) is 13.8 Å². The molecule has 0 atom stereocenters. The maximum atomic E-state index is 11.1. The zero-order valence-electron chi connectivity index (χ0n) is 10.8. The second kappa shape index (κ2) is 5.94. The zero-order chi connectivity index (χ0) is 13.8. The van der Waals surface area contributed by atoms with Crippen LogP contribution in [0.1, 0.15) is 11.9 Å². The van der Waals surface area contributed by atoms with Crippen molar-refractivity contribution in [3.63, 3.8) is 0 Å². The van der Waals surface area contributed by atoms with E-state index >= 15 is 0 Å². The Morgan fingerprint density at radius 1 is 1.53 bits per heavy atom. The van der Waals surface area contributed by atoms with Crippen LogP contribution in [-0.2, 0) is 0 Å². The average Bonchev–Trinajstić information content (AvgIpc) is 2.72. The van der Waals surface area contributed by atoms with Gasteiger partial charge in [-0.05, 0) is 13.5 Å². The fourth-order valence-corrected chi connectivity index (χ4v) is 2.57. The molecule has 2 aromatic rings. The maximum absolute atomic E-state index is 11.1. The number of nitro benzene ring substituents is 1. The van der Waals surface area contributed by atoms with E-state index in [1.165, 1.54) is 17.4 Å². The van der Waals surface area contributed by atoms with Crippen LogP contribution in [0.15, 0.2) is 12.1 Å². The molecular formula is C12H15N3O3S. The van der Waals surface area contributed by atoms with Crippen LogP contribution in [0.5, 0.6) is 5.75 Å². The summed E-state index contributed by atoms with van der Waals surface area (Å²) in [5, 5.41) is 15.0. The standard InChI is InChI=1S/C12H15N3O3S/c1-3-13-4-5-18-11-6-9-12(19-8(2)14-9)7-10(11)15(16)17/h6-7,13H,3-5H2,1-2H3. The van der Waals surface area contributed by atoms with Crippen molar-refractivity contribution >= 4 is 27.2 Å². The van der Waals surface area contributed by atoms with E-state index in [1.807, 2.05) is 13.8 Å². The van der Waals surface area contributed by atoms with Crippen LogP contribution in [-0.4, -0.2) is 29.6 Å². The number of aromatic nitrogens is 1. The number of rotatable bonds is 6. The Morgan fingerprint density at radius 3 is 3.00 bits per heavy atom. The molecule has 19 heavy (non-hydrogen) atoms. The summed E-state index contributed by atoms with van der Waals surface area (Å²) < 4.78 is 6.29. The van der Waals surface area contributed by atoms with Crippen molar-refractivity contribution in [2.75, 3.05) is 19.7 Å². The van der Waals surface area contributed by atoms with Crippen LogP contribution in [0.2, 0.25) is 0 Å². The molecule has 1 aromatic carbocycles. The number of hydrogen-bond donors (Lipinski definition) is 1. The Hall–Kier alpha value is -1.73. The average molecular weight is 281 g/mol. The molecule has 0 radical (unpaired) electrons. The van der Waals surface area contributed by atoms with Gasteiger partial charge in [0.05, 0.1) is 20.1 Å². The predicted octanol–water partition coefficient (Wildman–Crippen LogP) is 2.50. The van der Waals surface area contributed by atoms with Crippen molar-refractivity contribution in [1.29, 1.82) is 0 Å². The van der Waals surface area contributed by atoms with Gasteiger partial charge in [0.15, 0.2) is 5.75 Å². The molecule has 0 aliphatic heterocycles. The number of benzene rings is 1. The molecule has 0 fully saturated rings. The molecular weight excluding hydrogens is 266 g/mol. The largest absolute Gasteiger partial charge is 0.485 e. The molecule has 0 saturated carbocycles. The summed E-state index contributed by atoms with van der Waals surface area (Å²) in [4.78, 5) is 15.0. The van der Waals surface area contributed by atoms with E-state index in [0.29, 0.717) is 13.2 Å². The second-order valence-corrected chi connectivity index (χ2v) is 5.21. The number of hydrogen-bond acceptors (Lipinski definition) is 6. The van der Waals surface area contributed by atoms with Gasteiger partial charge in [-0.15, -0.1) is 11.3 Å². The third-order valence-corrected chi connectivity index (χ3v) is 3.49. The molecule has 0 saturated heterocycles. The van der Waals surface area contributed by atoms with Crippen LogP contribution < -0.4 is 10.1 Å². The minimum absolute atomic E-state index is 0.00681. The molecule has 6 nitrogen and oxygen atoms in total. The minimum atomic E-state index is -0.420. The Kier molecular flexibility index (Phi) is 4.28. The zero-order valence-corrected chi connectivity index (χ0v) is 11.6. The number of nitro groups is 1. The van der Waals surface area contributed by atoms with E-state index in [4.69, 9.17) is 4.74 Å². The number of fused-ring (bicyclic) bond motifs is 1. The van der Waals surface area contributed by atoms with Crippen LogP contribution in [0.25, 0.3) is 10.2 Å². The summed E-state index contributed by atoms with van der Waals surface area (Å²) in [5.41, 5.74) is 0.735. The summed E-state index contributed by atoms with van der Waals surface area (Å²) in [6.07, 6.45) is 0. The molecule has 0 bridgehead atoms. The number of ether oxygens (including phenoxy) is 1. The Morgan fingerprint density at radius 2 is 2.32 bits per heavy atom. The first-order chi connectivity index (χ1) is 9.11. The smallest absolute Gasteiger partial charge is 0.312 e. The molecule has 0 aliphatic carbocycles. The number of aryl methyl sites for hydroxylation is 1. The molecule has 1 aromatic heterocycles. The summed E-state index contributed by atoms with van der Waals surface area (Å²) in [6, 6.07) is 3.17. The topological polar surface area (TPSA) is 77.3 Å². The van der Waals surface area contributed by atoms with E-state index in [9.17, 15) is 10.1 Å². The van der Waals surface area contributed by atoms with Gasteiger partial charge in [-0.1, -0.05) is 6.92 Å². The number of thiazole rings is 1. The highest BCUT2D eigenvalue weighted by atomic mass is 32.1. The second-order valence-electron chi connectivity index (χ2n) is 3.98. The van der Waals surface area contributed by atoms with Gasteiger partial charge in [-0.2, -0.15) is 0 Å². The lowest BCUT2D eigenvalue weighted by atomic mass is 10.3. The molecule has 0 amide bonds. The molecule has 1 heterocycles. The van der Waals surface area contributed by atoms with Crippen molar-refractivity contribution in [1.82, 2.24) is 10.3 Å². The number of nitrogens with one attached hydrogen (secondary N) is 1. The number of nitrogens with zero attached hydrogens (tertiary/aromatic N) is 2. The maximum Gasteiger partial charge on any atom is 0.312 e. The highest BCUT2D eigenvalue weighted by Crippen LogP contribution is 2.34. The third kappa shape index (κ3) is 3.18. The van der Waals surface area contributed by atoms with Crippen molar-refractivity contribution in [2.24, 2.45) is 0 Å². The summed E-state index contributed by atoms with van der Waals surface area (Å²) >= 11 is 1.44. The number of likely N-dealkylation sites (N-methyl/N-ethyl adjacent to an activating group) is 1. The van der Waals surface area contributed by atoms with Crippen molar-refractivity contribution in [3.8, 4) is 5.75 Å². The van der Waals surface area contributed by atoms with Gasteiger partial charge in [0.1, 0.15) is 6.61 Å². The normalized spacial score (nSPS) is 10.8. The SMILES string of the molecule is CCNCCOc1cc2nc(C)sc2cc1[N+](=O)[O-]. The van der Waals surface area contributed by atoms with E-state index in [-0.39, 0.29) is 11.4 Å². The van der Waals surface area contributed by atoms with E-state index in [1.54, 1.807) is 6.07 Å². The monoisotopic (exact) mass is 281 g/mol. The van der Waals surface area contributed by atoms with Gasteiger partial charge in [-0.25, -0.2) is 4.98 Å². The Balaban J connectivity index is 2.28. The van der Waals surface area contributed by atoms with Crippen LogP contribution >= 0.6 is 11.3 Å². The van der Waals surface area contributed by atoms with Crippen molar-refractivity contribution < 1.29 is 9.66 Å². The fraction of sp³-hybridized carbons (Fsp3) is 0.417. The quantitative estimate of drug-likeness (QED) is 0.500. The Labute approximate surface area is 114 Å². The minimum Gasteiger partial charge on any atom is -0.485 e. The van der Waals surface area contributed by atoms with Gasteiger partial charge < -0.3 is 10.1 Å². The van der Waals surface area contributed by atoms with Gasteiger partial charge in [0.25, 0.3) is 0 Å². The van der Waals surface area contributed by atoms with Crippen LogP contribution in [0.4, 0.5) is 5.69 Å². The Bertz CT molecular complexity index is 597. The molecule has 102 valence electrons. The lowest BCUT2D eigenvalue weighted by Gasteiger charge is -2.06. The first-order valence-corrected chi connectivity index (χ1v) is 6.82. The van der Waals surface area contributed by atoms with Gasteiger partial charge >= 0.3 is 5.69 Å². The van der Waals surface area contributed by atoms with E-state index in [2.05, 4.69) is 10.3 Å². The summed E-state index contributed by atoms with van der Waals surface area (Å²) in [5.74, 6) is 0.278. The third-order valence-electron chi connectivity index (χ3n) is 2.56.